The average molecular weight is 355 g/mol. The predicted octanol–water partition coefficient (Wildman–Crippen LogP) is 5.13. The molecule has 0 aromatic heterocycles. The van der Waals surface area contributed by atoms with Crippen molar-refractivity contribution in [3.63, 3.8) is 0 Å². The Hall–Kier alpha value is -2.71. The fourth-order valence-corrected chi connectivity index (χ4v) is 4.11. The number of carbonyl (C=O) groups is 1. The molecule has 1 unspecified atom stereocenters. The van der Waals surface area contributed by atoms with E-state index < -0.39 is 0 Å². The molecule has 2 atom stereocenters. The SMILES string of the molecule is O=CC1CC[C@@H](Cc2ccc(-c3ccccc3)cc2)N1Cc1ccccc1. The van der Waals surface area contributed by atoms with Gasteiger partial charge in [0.1, 0.15) is 6.29 Å². The van der Waals surface area contributed by atoms with Crippen LogP contribution in [0.1, 0.15) is 24.0 Å². The van der Waals surface area contributed by atoms with Gasteiger partial charge in [-0.2, -0.15) is 0 Å². The molecule has 0 N–H and O–H groups in total. The number of nitrogens with zero attached hydrogens (tertiary/aromatic N) is 1. The second-order valence-corrected chi connectivity index (χ2v) is 7.36. The molecule has 1 aliphatic heterocycles. The number of hydrogen-bond donors (Lipinski definition) is 0. The van der Waals surface area contributed by atoms with E-state index >= 15 is 0 Å². The van der Waals surface area contributed by atoms with E-state index in [0.29, 0.717) is 6.04 Å². The van der Waals surface area contributed by atoms with Gasteiger partial charge in [-0.15, -0.1) is 0 Å². The maximum atomic E-state index is 11.6. The van der Waals surface area contributed by atoms with Crippen LogP contribution in [0.3, 0.4) is 0 Å². The van der Waals surface area contributed by atoms with Gasteiger partial charge >= 0.3 is 0 Å². The van der Waals surface area contributed by atoms with Crippen LogP contribution in [0.5, 0.6) is 0 Å². The first-order chi connectivity index (χ1) is 13.3. The number of rotatable bonds is 6. The second kappa shape index (κ2) is 8.32. The minimum atomic E-state index is 0.0406. The molecule has 0 radical (unpaired) electrons. The minimum Gasteiger partial charge on any atom is -0.302 e. The summed E-state index contributed by atoms with van der Waals surface area (Å²) in [5.41, 5.74) is 5.11. The van der Waals surface area contributed by atoms with Gasteiger partial charge in [-0.3, -0.25) is 4.90 Å². The Morgan fingerprint density at radius 3 is 2.04 bits per heavy atom. The highest BCUT2D eigenvalue weighted by molar-refractivity contribution is 5.63. The topological polar surface area (TPSA) is 20.3 Å². The summed E-state index contributed by atoms with van der Waals surface area (Å²) in [6.07, 6.45) is 4.16. The number of carbonyl (C=O) groups excluding carboxylic acids is 1. The monoisotopic (exact) mass is 355 g/mol. The quantitative estimate of drug-likeness (QED) is 0.572. The lowest BCUT2D eigenvalue weighted by Crippen LogP contribution is -2.37. The molecule has 0 amide bonds. The van der Waals surface area contributed by atoms with Crippen molar-refractivity contribution < 1.29 is 4.79 Å². The fourth-order valence-electron chi connectivity index (χ4n) is 4.11. The summed E-state index contributed by atoms with van der Waals surface area (Å²) in [6.45, 7) is 0.844. The van der Waals surface area contributed by atoms with Gasteiger partial charge in [-0.05, 0) is 41.5 Å². The normalized spacial score (nSPS) is 19.9. The van der Waals surface area contributed by atoms with Crippen LogP contribution in [0.25, 0.3) is 11.1 Å². The molecule has 0 bridgehead atoms. The van der Waals surface area contributed by atoms with Crippen LogP contribution in [-0.4, -0.2) is 23.3 Å². The number of likely N-dealkylation sites (tertiary alicyclic amines) is 1. The van der Waals surface area contributed by atoms with E-state index in [0.717, 1.165) is 32.1 Å². The van der Waals surface area contributed by atoms with E-state index in [1.807, 2.05) is 12.1 Å². The van der Waals surface area contributed by atoms with Gasteiger partial charge < -0.3 is 4.79 Å². The van der Waals surface area contributed by atoms with Crippen molar-refractivity contribution in [3.05, 3.63) is 96.1 Å². The zero-order valence-corrected chi connectivity index (χ0v) is 15.5. The molecule has 3 aromatic carbocycles. The van der Waals surface area contributed by atoms with Gasteiger partial charge in [0.15, 0.2) is 0 Å². The van der Waals surface area contributed by atoms with Crippen molar-refractivity contribution in [3.8, 4) is 11.1 Å². The first kappa shape index (κ1) is 17.7. The molecule has 0 saturated carbocycles. The number of benzene rings is 3. The summed E-state index contributed by atoms with van der Waals surface area (Å²) in [5.74, 6) is 0. The Bertz CT molecular complexity index is 858. The molecule has 4 rings (SSSR count). The molecule has 3 aromatic rings. The van der Waals surface area contributed by atoms with E-state index in [1.54, 1.807) is 0 Å². The van der Waals surface area contributed by atoms with Gasteiger partial charge in [-0.25, -0.2) is 0 Å². The molecule has 1 aliphatic rings. The maximum Gasteiger partial charge on any atom is 0.137 e. The highest BCUT2D eigenvalue weighted by Crippen LogP contribution is 2.28. The van der Waals surface area contributed by atoms with E-state index in [9.17, 15) is 4.79 Å². The zero-order chi connectivity index (χ0) is 18.5. The highest BCUT2D eigenvalue weighted by Gasteiger charge is 2.32. The van der Waals surface area contributed by atoms with Crippen molar-refractivity contribution in [2.24, 2.45) is 0 Å². The van der Waals surface area contributed by atoms with Crippen LogP contribution in [0.4, 0.5) is 0 Å². The van der Waals surface area contributed by atoms with Crippen molar-refractivity contribution in [1.82, 2.24) is 4.90 Å². The van der Waals surface area contributed by atoms with Crippen LogP contribution in [0.15, 0.2) is 84.9 Å². The smallest absolute Gasteiger partial charge is 0.137 e. The Morgan fingerprint density at radius 2 is 1.37 bits per heavy atom. The standard InChI is InChI=1S/C25H25NO/c27-19-25-16-15-24(26(25)18-21-7-3-1-4-8-21)17-20-11-13-23(14-12-20)22-9-5-2-6-10-22/h1-14,19,24-25H,15-18H2/t24-,25?/m0/s1. The first-order valence-corrected chi connectivity index (χ1v) is 9.73. The third-order valence-corrected chi connectivity index (χ3v) is 5.59. The molecule has 1 fully saturated rings. The van der Waals surface area contributed by atoms with Crippen LogP contribution >= 0.6 is 0 Å². The summed E-state index contributed by atoms with van der Waals surface area (Å²) in [7, 11) is 0. The maximum absolute atomic E-state index is 11.6. The lowest BCUT2D eigenvalue weighted by atomic mass is 9.99. The van der Waals surface area contributed by atoms with Crippen molar-refractivity contribution >= 4 is 6.29 Å². The summed E-state index contributed by atoms with van der Waals surface area (Å²) in [4.78, 5) is 13.9. The zero-order valence-electron chi connectivity index (χ0n) is 15.5. The van der Waals surface area contributed by atoms with Gasteiger partial charge in [0, 0.05) is 12.6 Å². The van der Waals surface area contributed by atoms with Crippen LogP contribution in [0.2, 0.25) is 0 Å². The Kier molecular flexibility index (Phi) is 5.45. The van der Waals surface area contributed by atoms with Crippen LogP contribution < -0.4 is 0 Å². The molecule has 1 heterocycles. The fraction of sp³-hybridized carbons (Fsp3) is 0.240. The molecular weight excluding hydrogens is 330 g/mol. The van der Waals surface area contributed by atoms with Crippen molar-refractivity contribution in [2.45, 2.75) is 37.9 Å². The van der Waals surface area contributed by atoms with E-state index in [4.69, 9.17) is 0 Å². The second-order valence-electron chi connectivity index (χ2n) is 7.36. The average Bonchev–Trinajstić information content (AvgIpc) is 3.11. The third-order valence-electron chi connectivity index (χ3n) is 5.59. The molecule has 0 spiro atoms. The highest BCUT2D eigenvalue weighted by atomic mass is 16.1. The van der Waals surface area contributed by atoms with Gasteiger partial charge in [0.2, 0.25) is 0 Å². The number of hydrogen-bond acceptors (Lipinski definition) is 2. The van der Waals surface area contributed by atoms with Crippen molar-refractivity contribution in [1.29, 1.82) is 0 Å². The van der Waals surface area contributed by atoms with Gasteiger partial charge in [0.05, 0.1) is 6.04 Å². The van der Waals surface area contributed by atoms with Gasteiger partial charge in [0.25, 0.3) is 0 Å². The number of aldehydes is 1. The van der Waals surface area contributed by atoms with Crippen molar-refractivity contribution in [2.75, 3.05) is 0 Å². The lowest BCUT2D eigenvalue weighted by Gasteiger charge is -2.28. The van der Waals surface area contributed by atoms with Crippen LogP contribution in [-0.2, 0) is 17.8 Å². The molecule has 1 saturated heterocycles. The van der Waals surface area contributed by atoms with E-state index in [1.165, 1.54) is 22.3 Å². The lowest BCUT2D eigenvalue weighted by molar-refractivity contribution is -0.112. The summed E-state index contributed by atoms with van der Waals surface area (Å²) in [5, 5.41) is 0. The summed E-state index contributed by atoms with van der Waals surface area (Å²) < 4.78 is 0. The predicted molar refractivity (Wildman–Crippen MR) is 110 cm³/mol. The Labute approximate surface area is 161 Å². The third kappa shape index (κ3) is 4.17. The largest absolute Gasteiger partial charge is 0.302 e. The Morgan fingerprint density at radius 1 is 0.741 bits per heavy atom. The van der Waals surface area contributed by atoms with E-state index in [2.05, 4.69) is 77.7 Å². The first-order valence-electron chi connectivity index (χ1n) is 9.73. The van der Waals surface area contributed by atoms with E-state index in [-0.39, 0.29) is 6.04 Å². The molecule has 2 nitrogen and oxygen atoms in total. The molecule has 0 aliphatic carbocycles. The van der Waals surface area contributed by atoms with Gasteiger partial charge in [-0.1, -0.05) is 84.9 Å². The molecule has 136 valence electrons. The summed E-state index contributed by atoms with van der Waals surface area (Å²) >= 11 is 0. The molecule has 2 heteroatoms. The Balaban J connectivity index is 1.48. The molecule has 27 heavy (non-hydrogen) atoms. The van der Waals surface area contributed by atoms with Crippen LogP contribution in [0, 0.1) is 0 Å². The minimum absolute atomic E-state index is 0.0406. The molecular formula is C25H25NO. The summed E-state index contributed by atoms with van der Waals surface area (Å²) in [6, 6.07) is 30.3.